The van der Waals surface area contributed by atoms with Gasteiger partial charge in [-0.15, -0.1) is 0 Å². The van der Waals surface area contributed by atoms with Crippen LogP contribution in [0.25, 0.3) is 0 Å². The summed E-state index contributed by atoms with van der Waals surface area (Å²) in [5, 5.41) is 0.828. The second-order valence-corrected chi connectivity index (χ2v) is 11.3. The second kappa shape index (κ2) is 8.37. The van der Waals surface area contributed by atoms with Crippen molar-refractivity contribution in [3.63, 3.8) is 0 Å². The van der Waals surface area contributed by atoms with Crippen LogP contribution in [0.4, 0.5) is 18.3 Å². The molecule has 2 aromatic carbocycles. The minimum atomic E-state index is -3.86. The van der Waals surface area contributed by atoms with Gasteiger partial charge in [-0.3, -0.25) is 0 Å². The molecule has 0 unspecified atom stereocenters. The molecule has 174 valence electrons. The highest BCUT2D eigenvalue weighted by atomic mass is 32.2. The van der Waals surface area contributed by atoms with Gasteiger partial charge in [-0.1, -0.05) is 12.1 Å². The van der Waals surface area contributed by atoms with Crippen LogP contribution in [0.5, 0.6) is 0 Å². The van der Waals surface area contributed by atoms with Crippen LogP contribution in [0.2, 0.25) is 0 Å². The SMILES string of the molecule is O=S(=O)(c1ccc(F)c(F)c1)N1CCC2(CC1)CN(c1nc(Cc3ccc(F)cc3)ns1)C2. The maximum atomic E-state index is 13.5. The number of halogens is 3. The number of hydrogen-bond donors (Lipinski definition) is 0. The maximum Gasteiger partial charge on any atom is 0.243 e. The molecule has 0 atom stereocenters. The van der Waals surface area contributed by atoms with E-state index < -0.39 is 21.7 Å². The molecule has 1 spiro atoms. The van der Waals surface area contributed by atoms with E-state index in [0.717, 1.165) is 42.0 Å². The third kappa shape index (κ3) is 4.36. The molecule has 5 rings (SSSR count). The molecule has 1 aromatic heterocycles. The fourth-order valence-electron chi connectivity index (χ4n) is 4.43. The van der Waals surface area contributed by atoms with E-state index in [0.29, 0.717) is 38.2 Å². The smallest absolute Gasteiger partial charge is 0.243 e. The fraction of sp³-hybridized carbons (Fsp3) is 0.364. The van der Waals surface area contributed by atoms with Crippen molar-refractivity contribution in [2.45, 2.75) is 24.2 Å². The maximum absolute atomic E-state index is 13.5. The number of benzene rings is 2. The first-order valence-electron chi connectivity index (χ1n) is 10.5. The first kappa shape index (κ1) is 22.3. The Morgan fingerprint density at radius 3 is 2.33 bits per heavy atom. The van der Waals surface area contributed by atoms with Crippen molar-refractivity contribution in [3.05, 3.63) is 71.3 Å². The van der Waals surface area contributed by atoms with E-state index in [1.807, 2.05) is 0 Å². The molecule has 0 amide bonds. The summed E-state index contributed by atoms with van der Waals surface area (Å²) in [6.45, 7) is 2.22. The van der Waals surface area contributed by atoms with Gasteiger partial charge in [0, 0.05) is 49.5 Å². The number of piperidine rings is 1. The minimum absolute atomic E-state index is 0.0167. The molecule has 6 nitrogen and oxygen atoms in total. The first-order valence-corrected chi connectivity index (χ1v) is 12.7. The van der Waals surface area contributed by atoms with Crippen molar-refractivity contribution < 1.29 is 21.6 Å². The zero-order valence-corrected chi connectivity index (χ0v) is 19.2. The molecule has 0 saturated carbocycles. The number of hydrogen-bond acceptors (Lipinski definition) is 6. The standard InChI is InChI=1S/C22H21F3N4O2S2/c23-16-3-1-15(2-4-16)11-20-26-21(32-27-20)28-13-22(14-28)7-9-29(10-8-22)33(30,31)17-5-6-18(24)19(25)12-17/h1-6,12H,7-11,13-14H2. The molecule has 2 aliphatic rings. The zero-order chi connectivity index (χ0) is 23.2. The van der Waals surface area contributed by atoms with Gasteiger partial charge in [0.05, 0.1) is 4.90 Å². The number of sulfonamides is 1. The highest BCUT2D eigenvalue weighted by Gasteiger charge is 2.47. The van der Waals surface area contributed by atoms with Crippen LogP contribution < -0.4 is 4.90 Å². The Labute approximate surface area is 193 Å². The number of rotatable bonds is 5. The van der Waals surface area contributed by atoms with Gasteiger partial charge >= 0.3 is 0 Å². The van der Waals surface area contributed by atoms with Crippen LogP contribution in [0.1, 0.15) is 24.2 Å². The van der Waals surface area contributed by atoms with Crippen LogP contribution in [-0.4, -0.2) is 48.3 Å². The lowest BCUT2D eigenvalue weighted by atomic mass is 9.73. The predicted octanol–water partition coefficient (Wildman–Crippen LogP) is 3.84. The van der Waals surface area contributed by atoms with Crippen molar-refractivity contribution in [3.8, 4) is 0 Å². The summed E-state index contributed by atoms with van der Waals surface area (Å²) in [5.74, 6) is -1.83. The van der Waals surface area contributed by atoms with E-state index in [2.05, 4.69) is 14.3 Å². The summed E-state index contributed by atoms with van der Waals surface area (Å²) >= 11 is 1.33. The van der Waals surface area contributed by atoms with Gasteiger partial charge in [0.2, 0.25) is 15.2 Å². The van der Waals surface area contributed by atoms with E-state index in [1.165, 1.54) is 28.0 Å². The molecule has 3 heterocycles. The Hall–Kier alpha value is -2.50. The van der Waals surface area contributed by atoms with Gasteiger partial charge in [0.25, 0.3) is 0 Å². The third-order valence-corrected chi connectivity index (χ3v) is 9.08. The highest BCUT2D eigenvalue weighted by Crippen LogP contribution is 2.43. The summed E-state index contributed by atoms with van der Waals surface area (Å²) in [5.41, 5.74) is 0.957. The lowest BCUT2D eigenvalue weighted by molar-refractivity contribution is 0.114. The molecule has 2 fully saturated rings. The average molecular weight is 495 g/mol. The average Bonchev–Trinajstić information content (AvgIpc) is 3.23. The largest absolute Gasteiger partial charge is 0.346 e. The van der Waals surface area contributed by atoms with Crippen LogP contribution >= 0.6 is 11.5 Å². The fourth-order valence-corrected chi connectivity index (χ4v) is 6.57. The predicted molar refractivity (Wildman–Crippen MR) is 118 cm³/mol. The molecule has 2 aliphatic heterocycles. The van der Waals surface area contributed by atoms with Crippen molar-refractivity contribution in [1.29, 1.82) is 0 Å². The summed E-state index contributed by atoms with van der Waals surface area (Å²) in [6.07, 6.45) is 1.91. The van der Waals surface area contributed by atoms with Crippen LogP contribution in [-0.2, 0) is 16.4 Å². The van der Waals surface area contributed by atoms with Gasteiger partial charge in [-0.05, 0) is 48.7 Å². The highest BCUT2D eigenvalue weighted by molar-refractivity contribution is 7.89. The van der Waals surface area contributed by atoms with Crippen LogP contribution in [0, 0.1) is 22.9 Å². The van der Waals surface area contributed by atoms with Gasteiger partial charge in [-0.25, -0.2) is 26.6 Å². The topological polar surface area (TPSA) is 66.4 Å². The Morgan fingerprint density at radius 1 is 0.970 bits per heavy atom. The van der Waals surface area contributed by atoms with Crippen molar-refractivity contribution in [2.24, 2.45) is 5.41 Å². The summed E-state index contributed by atoms with van der Waals surface area (Å²) in [4.78, 5) is 6.52. The van der Waals surface area contributed by atoms with Crippen molar-refractivity contribution in [1.82, 2.24) is 13.7 Å². The lowest BCUT2D eigenvalue weighted by Crippen LogP contribution is -2.61. The van der Waals surface area contributed by atoms with E-state index in [4.69, 9.17) is 0 Å². The van der Waals surface area contributed by atoms with E-state index in [-0.39, 0.29) is 16.1 Å². The summed E-state index contributed by atoms with van der Waals surface area (Å²) < 4.78 is 71.1. The molecule has 0 bridgehead atoms. The number of nitrogens with zero attached hydrogens (tertiary/aromatic N) is 4. The molecule has 3 aromatic rings. The molecule has 11 heteroatoms. The van der Waals surface area contributed by atoms with Crippen LogP contribution in [0.3, 0.4) is 0 Å². The molecule has 0 N–H and O–H groups in total. The van der Waals surface area contributed by atoms with E-state index in [1.54, 1.807) is 12.1 Å². The van der Waals surface area contributed by atoms with Gasteiger partial charge in [-0.2, -0.15) is 8.68 Å². The van der Waals surface area contributed by atoms with Gasteiger partial charge in [0.15, 0.2) is 11.6 Å². The Bertz CT molecular complexity index is 1270. The quantitative estimate of drug-likeness (QED) is 0.539. The normalized spacial score (nSPS) is 18.5. The van der Waals surface area contributed by atoms with Crippen LogP contribution in [0.15, 0.2) is 47.4 Å². The Kier molecular flexibility index (Phi) is 5.66. The minimum Gasteiger partial charge on any atom is -0.346 e. The molecule has 2 saturated heterocycles. The van der Waals surface area contributed by atoms with E-state index in [9.17, 15) is 21.6 Å². The molecule has 0 aliphatic carbocycles. The molecule has 0 radical (unpaired) electrons. The second-order valence-electron chi connectivity index (χ2n) is 8.63. The Balaban J connectivity index is 1.18. The molecule has 33 heavy (non-hydrogen) atoms. The summed E-state index contributed by atoms with van der Waals surface area (Å²) in [6, 6.07) is 8.95. The van der Waals surface area contributed by atoms with Crippen molar-refractivity contribution >= 4 is 26.7 Å². The number of aromatic nitrogens is 2. The van der Waals surface area contributed by atoms with Gasteiger partial charge in [0.1, 0.15) is 11.6 Å². The lowest BCUT2D eigenvalue weighted by Gasteiger charge is -2.53. The first-order chi connectivity index (χ1) is 15.7. The monoisotopic (exact) mass is 494 g/mol. The Morgan fingerprint density at radius 2 is 1.67 bits per heavy atom. The molecular weight excluding hydrogens is 473 g/mol. The zero-order valence-electron chi connectivity index (χ0n) is 17.5. The third-order valence-electron chi connectivity index (χ3n) is 6.37. The van der Waals surface area contributed by atoms with E-state index >= 15 is 0 Å². The van der Waals surface area contributed by atoms with Gasteiger partial charge < -0.3 is 4.90 Å². The van der Waals surface area contributed by atoms with Crippen molar-refractivity contribution in [2.75, 3.05) is 31.1 Å². The number of anilines is 1. The summed E-state index contributed by atoms with van der Waals surface area (Å²) in [7, 11) is -3.86. The molecular formula is C22H21F3N4O2S2.